The molecule has 1 N–H and O–H groups in total. The van der Waals surface area contributed by atoms with Crippen LogP contribution >= 0.6 is 11.6 Å². The van der Waals surface area contributed by atoms with Gasteiger partial charge in [0, 0.05) is 18.7 Å². The molecular formula is C13H19ClN2O2. The van der Waals surface area contributed by atoms with Crippen molar-refractivity contribution >= 4 is 17.3 Å². The molecule has 1 aromatic carbocycles. The Labute approximate surface area is 112 Å². The van der Waals surface area contributed by atoms with Crippen molar-refractivity contribution in [1.29, 1.82) is 0 Å². The van der Waals surface area contributed by atoms with Gasteiger partial charge >= 0.3 is 0 Å². The number of nitro benzene ring substituents is 1. The maximum Gasteiger partial charge on any atom is 0.288 e. The van der Waals surface area contributed by atoms with Crippen LogP contribution in [0.4, 0.5) is 5.69 Å². The van der Waals surface area contributed by atoms with E-state index in [4.69, 9.17) is 11.6 Å². The van der Waals surface area contributed by atoms with Gasteiger partial charge in [-0.3, -0.25) is 10.1 Å². The van der Waals surface area contributed by atoms with Crippen LogP contribution in [0.15, 0.2) is 18.2 Å². The Morgan fingerprint density at radius 1 is 1.44 bits per heavy atom. The molecule has 0 bridgehead atoms. The second kappa shape index (κ2) is 6.71. The Kier molecular flexibility index (Phi) is 5.56. The van der Waals surface area contributed by atoms with E-state index in [0.717, 1.165) is 12.0 Å². The van der Waals surface area contributed by atoms with Gasteiger partial charge in [-0.2, -0.15) is 0 Å². The first kappa shape index (κ1) is 14.9. The third-order valence-corrected chi connectivity index (χ3v) is 3.34. The predicted octanol–water partition coefficient (Wildman–Crippen LogP) is 3.77. The number of nitrogens with zero attached hydrogens (tertiary/aromatic N) is 1. The number of rotatable bonds is 6. The van der Waals surface area contributed by atoms with Crippen LogP contribution in [0.1, 0.15) is 32.8 Å². The molecule has 5 heteroatoms. The Morgan fingerprint density at radius 2 is 2.11 bits per heavy atom. The average Bonchev–Trinajstić information content (AvgIpc) is 2.31. The molecule has 1 aromatic rings. The van der Waals surface area contributed by atoms with E-state index in [-0.39, 0.29) is 10.7 Å². The molecular weight excluding hydrogens is 252 g/mol. The van der Waals surface area contributed by atoms with Gasteiger partial charge in [0.1, 0.15) is 5.02 Å². The van der Waals surface area contributed by atoms with Crippen molar-refractivity contribution < 1.29 is 4.92 Å². The van der Waals surface area contributed by atoms with Crippen LogP contribution in [0, 0.1) is 16.0 Å². The standard InChI is InChI=1S/C13H19ClN2O2/c1-4-12(9(2)3)15-8-10-5-6-11(14)13(7-10)16(17)18/h5-7,9,12,15H,4,8H2,1-3H3. The topological polar surface area (TPSA) is 55.2 Å². The van der Waals surface area contributed by atoms with E-state index < -0.39 is 4.92 Å². The molecule has 0 aliphatic heterocycles. The van der Waals surface area contributed by atoms with Crippen LogP contribution in [0.5, 0.6) is 0 Å². The smallest absolute Gasteiger partial charge is 0.288 e. The second-order valence-electron chi connectivity index (χ2n) is 4.68. The van der Waals surface area contributed by atoms with E-state index >= 15 is 0 Å². The van der Waals surface area contributed by atoms with Gasteiger partial charge in [0.25, 0.3) is 5.69 Å². The van der Waals surface area contributed by atoms with Gasteiger partial charge in [0.15, 0.2) is 0 Å². The lowest BCUT2D eigenvalue weighted by Gasteiger charge is -2.20. The molecule has 0 aliphatic carbocycles. The monoisotopic (exact) mass is 270 g/mol. The van der Waals surface area contributed by atoms with Crippen molar-refractivity contribution in [3.63, 3.8) is 0 Å². The summed E-state index contributed by atoms with van der Waals surface area (Å²) in [6, 6.07) is 5.34. The fourth-order valence-electron chi connectivity index (χ4n) is 1.91. The lowest BCUT2D eigenvalue weighted by atomic mass is 10.0. The highest BCUT2D eigenvalue weighted by molar-refractivity contribution is 6.32. The zero-order valence-corrected chi connectivity index (χ0v) is 11.7. The Balaban J connectivity index is 2.74. The van der Waals surface area contributed by atoms with Crippen molar-refractivity contribution in [2.75, 3.05) is 0 Å². The second-order valence-corrected chi connectivity index (χ2v) is 5.09. The van der Waals surface area contributed by atoms with Gasteiger partial charge < -0.3 is 5.32 Å². The number of nitro groups is 1. The van der Waals surface area contributed by atoms with Gasteiger partial charge in [-0.05, 0) is 24.0 Å². The van der Waals surface area contributed by atoms with Gasteiger partial charge in [0.2, 0.25) is 0 Å². The molecule has 4 nitrogen and oxygen atoms in total. The van der Waals surface area contributed by atoms with Crippen molar-refractivity contribution in [3.05, 3.63) is 38.9 Å². The molecule has 100 valence electrons. The Morgan fingerprint density at radius 3 is 2.61 bits per heavy atom. The van der Waals surface area contributed by atoms with E-state index in [9.17, 15) is 10.1 Å². The Bertz CT molecular complexity index is 421. The van der Waals surface area contributed by atoms with E-state index in [1.165, 1.54) is 6.07 Å². The minimum Gasteiger partial charge on any atom is -0.310 e. The lowest BCUT2D eigenvalue weighted by molar-refractivity contribution is -0.384. The van der Waals surface area contributed by atoms with Crippen molar-refractivity contribution in [3.8, 4) is 0 Å². The fourth-order valence-corrected chi connectivity index (χ4v) is 2.10. The minimum absolute atomic E-state index is 0.0337. The quantitative estimate of drug-likeness (QED) is 0.632. The summed E-state index contributed by atoms with van der Waals surface area (Å²) >= 11 is 5.77. The van der Waals surface area contributed by atoms with E-state index in [2.05, 4.69) is 26.1 Å². The van der Waals surface area contributed by atoms with Crippen LogP contribution in [0.3, 0.4) is 0 Å². The maximum atomic E-state index is 10.8. The number of hydrogen-bond donors (Lipinski definition) is 1. The highest BCUT2D eigenvalue weighted by atomic mass is 35.5. The summed E-state index contributed by atoms with van der Waals surface area (Å²) < 4.78 is 0. The molecule has 0 radical (unpaired) electrons. The van der Waals surface area contributed by atoms with Gasteiger partial charge in [-0.15, -0.1) is 0 Å². The number of halogens is 1. The van der Waals surface area contributed by atoms with Crippen molar-refractivity contribution in [1.82, 2.24) is 5.32 Å². The highest BCUT2D eigenvalue weighted by Crippen LogP contribution is 2.25. The first-order chi connectivity index (χ1) is 8.45. The SMILES string of the molecule is CCC(NCc1ccc(Cl)c([N+](=O)[O-])c1)C(C)C. The first-order valence-corrected chi connectivity index (χ1v) is 6.49. The summed E-state index contributed by atoms with van der Waals surface area (Å²) in [5, 5.41) is 14.4. The molecule has 0 heterocycles. The zero-order valence-electron chi connectivity index (χ0n) is 10.9. The molecule has 1 unspecified atom stereocenters. The maximum absolute atomic E-state index is 10.8. The summed E-state index contributed by atoms with van der Waals surface area (Å²) in [4.78, 5) is 10.3. The summed E-state index contributed by atoms with van der Waals surface area (Å²) in [6.07, 6.45) is 1.04. The van der Waals surface area contributed by atoms with Gasteiger partial charge in [-0.25, -0.2) is 0 Å². The zero-order chi connectivity index (χ0) is 13.7. The van der Waals surface area contributed by atoms with Crippen LogP contribution in [-0.2, 0) is 6.54 Å². The van der Waals surface area contributed by atoms with Crippen molar-refractivity contribution in [2.45, 2.75) is 39.8 Å². The Hall–Kier alpha value is -1.13. The number of benzene rings is 1. The summed E-state index contributed by atoms with van der Waals surface area (Å²) in [5.74, 6) is 0.539. The fraction of sp³-hybridized carbons (Fsp3) is 0.538. The first-order valence-electron chi connectivity index (χ1n) is 6.11. The molecule has 0 aromatic heterocycles. The average molecular weight is 271 g/mol. The number of hydrogen-bond acceptors (Lipinski definition) is 3. The van der Waals surface area contributed by atoms with Gasteiger partial charge in [0.05, 0.1) is 4.92 Å². The molecule has 18 heavy (non-hydrogen) atoms. The normalized spacial score (nSPS) is 12.7. The molecule has 0 aliphatic rings. The van der Waals surface area contributed by atoms with Crippen LogP contribution < -0.4 is 5.32 Å². The van der Waals surface area contributed by atoms with Gasteiger partial charge in [-0.1, -0.05) is 38.4 Å². The molecule has 1 atom stereocenters. The van der Waals surface area contributed by atoms with E-state index in [1.807, 2.05) is 6.07 Å². The lowest BCUT2D eigenvalue weighted by Crippen LogP contribution is -2.32. The third kappa shape index (κ3) is 3.96. The molecule has 0 spiro atoms. The molecule has 0 saturated heterocycles. The van der Waals surface area contributed by atoms with Crippen molar-refractivity contribution in [2.24, 2.45) is 5.92 Å². The highest BCUT2D eigenvalue weighted by Gasteiger charge is 2.14. The minimum atomic E-state index is -0.453. The van der Waals surface area contributed by atoms with E-state index in [1.54, 1.807) is 6.07 Å². The third-order valence-electron chi connectivity index (χ3n) is 3.02. The molecule has 0 fully saturated rings. The number of nitrogens with one attached hydrogen (secondary N) is 1. The summed E-state index contributed by atoms with van der Waals surface area (Å²) in [7, 11) is 0. The summed E-state index contributed by atoms with van der Waals surface area (Å²) in [5.41, 5.74) is 0.846. The predicted molar refractivity (Wildman–Crippen MR) is 73.9 cm³/mol. The largest absolute Gasteiger partial charge is 0.310 e. The van der Waals surface area contributed by atoms with Crippen LogP contribution in [0.25, 0.3) is 0 Å². The summed E-state index contributed by atoms with van der Waals surface area (Å²) in [6.45, 7) is 7.06. The van der Waals surface area contributed by atoms with E-state index in [0.29, 0.717) is 18.5 Å². The molecule has 1 rings (SSSR count). The molecule has 0 amide bonds. The van der Waals surface area contributed by atoms with Crippen LogP contribution in [0.2, 0.25) is 5.02 Å². The van der Waals surface area contributed by atoms with Crippen LogP contribution in [-0.4, -0.2) is 11.0 Å². The molecule has 0 saturated carbocycles.